The number of aromatic nitrogens is 2. The minimum atomic E-state index is -0.377. The predicted octanol–water partition coefficient (Wildman–Crippen LogP) is 2.51. The van der Waals surface area contributed by atoms with Crippen molar-refractivity contribution < 1.29 is 14.1 Å². The molecule has 2 heterocycles. The number of hydrazine groups is 1. The van der Waals surface area contributed by atoms with Gasteiger partial charge in [-0.25, -0.2) is 4.98 Å². The van der Waals surface area contributed by atoms with Crippen LogP contribution in [0.25, 0.3) is 11.1 Å². The summed E-state index contributed by atoms with van der Waals surface area (Å²) in [6.45, 7) is 1.80. The molecule has 0 spiro atoms. The van der Waals surface area contributed by atoms with E-state index in [1.807, 2.05) is 0 Å². The van der Waals surface area contributed by atoms with Crippen LogP contribution in [0.2, 0.25) is 0 Å². The van der Waals surface area contributed by atoms with E-state index < -0.39 is 0 Å². The van der Waals surface area contributed by atoms with Crippen LogP contribution in [0.4, 0.5) is 0 Å². The Morgan fingerprint density at radius 1 is 1.12 bits per heavy atom. The summed E-state index contributed by atoms with van der Waals surface area (Å²) in [5, 5.41) is 4.54. The largest absolute Gasteiger partial charge is 0.336 e. The molecule has 4 bridgehead atoms. The van der Waals surface area contributed by atoms with Gasteiger partial charge in [-0.3, -0.25) is 20.4 Å². The van der Waals surface area contributed by atoms with Crippen molar-refractivity contribution in [3.8, 4) is 0 Å². The van der Waals surface area contributed by atoms with Gasteiger partial charge in [0.2, 0.25) is 5.91 Å². The molecule has 0 aliphatic heterocycles. The molecular formula is C19H22N4O3. The van der Waals surface area contributed by atoms with Gasteiger partial charge in [0, 0.05) is 6.20 Å². The molecule has 136 valence electrons. The van der Waals surface area contributed by atoms with E-state index in [2.05, 4.69) is 21.0 Å². The molecule has 2 aromatic rings. The van der Waals surface area contributed by atoms with Crippen molar-refractivity contribution in [1.29, 1.82) is 0 Å². The Hall–Kier alpha value is -2.44. The summed E-state index contributed by atoms with van der Waals surface area (Å²) in [6.07, 6.45) is 8.17. The lowest BCUT2D eigenvalue weighted by Gasteiger charge is -2.55. The molecule has 7 nitrogen and oxygen atoms in total. The first-order valence-electron chi connectivity index (χ1n) is 9.35. The van der Waals surface area contributed by atoms with E-state index in [1.54, 1.807) is 13.0 Å². The first-order valence-corrected chi connectivity index (χ1v) is 9.35. The molecule has 0 atom stereocenters. The van der Waals surface area contributed by atoms with Gasteiger partial charge in [-0.15, -0.1) is 0 Å². The molecular weight excluding hydrogens is 332 g/mol. The molecule has 26 heavy (non-hydrogen) atoms. The number of nitrogens with one attached hydrogen (secondary N) is 2. The average molecular weight is 354 g/mol. The van der Waals surface area contributed by atoms with E-state index in [0.29, 0.717) is 40.1 Å². The van der Waals surface area contributed by atoms with E-state index in [4.69, 9.17) is 4.52 Å². The molecule has 4 saturated carbocycles. The smallest absolute Gasteiger partial charge is 0.271 e. The van der Waals surface area contributed by atoms with Crippen LogP contribution in [0, 0.1) is 30.1 Å². The fourth-order valence-corrected chi connectivity index (χ4v) is 5.78. The minimum absolute atomic E-state index is 0.0276. The predicted molar refractivity (Wildman–Crippen MR) is 92.8 cm³/mol. The maximum Gasteiger partial charge on any atom is 0.271 e. The summed E-state index contributed by atoms with van der Waals surface area (Å²) >= 11 is 0. The number of rotatable bonds is 2. The van der Waals surface area contributed by atoms with Gasteiger partial charge in [0.05, 0.1) is 22.1 Å². The first-order chi connectivity index (χ1) is 12.5. The van der Waals surface area contributed by atoms with Crippen molar-refractivity contribution in [2.24, 2.45) is 23.2 Å². The van der Waals surface area contributed by atoms with E-state index in [1.165, 1.54) is 25.5 Å². The first kappa shape index (κ1) is 15.8. The lowest BCUT2D eigenvalue weighted by molar-refractivity contribution is -0.147. The summed E-state index contributed by atoms with van der Waals surface area (Å²) in [6, 6.07) is 1.68. The third-order valence-electron chi connectivity index (χ3n) is 6.58. The summed E-state index contributed by atoms with van der Waals surface area (Å²) in [5.41, 5.74) is 6.43. The molecule has 0 unspecified atom stereocenters. The number of pyridine rings is 1. The van der Waals surface area contributed by atoms with Crippen LogP contribution in [0.15, 0.2) is 16.8 Å². The lowest BCUT2D eigenvalue weighted by Crippen LogP contribution is -2.56. The van der Waals surface area contributed by atoms with Crippen LogP contribution < -0.4 is 10.9 Å². The number of hydrogen-bond donors (Lipinski definition) is 2. The number of nitrogens with zero attached hydrogens (tertiary/aromatic N) is 2. The fraction of sp³-hybridized carbons (Fsp3) is 0.579. The highest BCUT2D eigenvalue weighted by molar-refractivity contribution is 5.98. The van der Waals surface area contributed by atoms with Crippen molar-refractivity contribution in [3.63, 3.8) is 0 Å². The Kier molecular flexibility index (Phi) is 3.36. The highest BCUT2D eigenvalue weighted by Gasteiger charge is 2.54. The SMILES string of the molecule is Cc1noc2ncc(C(=O)NNC(=O)C34CC5CC(CC(C5)C3)C4)cc12. The third kappa shape index (κ3) is 2.40. The highest BCUT2D eigenvalue weighted by Crippen LogP contribution is 2.60. The molecule has 4 fully saturated rings. The Morgan fingerprint density at radius 3 is 2.42 bits per heavy atom. The van der Waals surface area contributed by atoms with Crippen molar-refractivity contribution in [2.45, 2.75) is 45.4 Å². The van der Waals surface area contributed by atoms with Gasteiger partial charge in [0.25, 0.3) is 11.6 Å². The van der Waals surface area contributed by atoms with Crippen molar-refractivity contribution in [2.75, 3.05) is 0 Å². The molecule has 0 radical (unpaired) electrons. The van der Waals surface area contributed by atoms with Crippen LogP contribution in [0.1, 0.15) is 54.6 Å². The number of aryl methyl sites for hydroxylation is 1. The maximum atomic E-state index is 12.9. The van der Waals surface area contributed by atoms with Crippen molar-refractivity contribution in [1.82, 2.24) is 21.0 Å². The van der Waals surface area contributed by atoms with Gasteiger partial charge < -0.3 is 4.52 Å². The Morgan fingerprint density at radius 2 is 1.77 bits per heavy atom. The average Bonchev–Trinajstić information content (AvgIpc) is 2.98. The highest BCUT2D eigenvalue weighted by atomic mass is 16.5. The Balaban J connectivity index is 1.28. The number of amides is 2. The summed E-state index contributed by atoms with van der Waals surface area (Å²) in [4.78, 5) is 29.4. The quantitative estimate of drug-likeness (QED) is 0.808. The summed E-state index contributed by atoms with van der Waals surface area (Å²) in [7, 11) is 0. The van der Waals surface area contributed by atoms with Gasteiger partial charge in [-0.1, -0.05) is 5.16 Å². The molecule has 6 rings (SSSR count). The second-order valence-corrected chi connectivity index (χ2v) is 8.45. The van der Waals surface area contributed by atoms with Gasteiger partial charge in [-0.05, 0) is 69.3 Å². The third-order valence-corrected chi connectivity index (χ3v) is 6.58. The van der Waals surface area contributed by atoms with Gasteiger partial charge in [0.15, 0.2) is 0 Å². The van der Waals surface area contributed by atoms with Crippen molar-refractivity contribution >= 4 is 22.9 Å². The standard InChI is InChI=1S/C19H22N4O3/c1-10-15-5-14(9-20-17(15)26-23-10)16(24)21-22-18(25)19-6-11-2-12(7-19)4-13(3-11)8-19/h5,9,11-13H,2-4,6-8H2,1H3,(H,21,24)(H,22,25). The second-order valence-electron chi connectivity index (χ2n) is 8.45. The Labute approximate surface area is 150 Å². The van der Waals surface area contributed by atoms with Crippen LogP contribution in [0.5, 0.6) is 0 Å². The zero-order valence-corrected chi connectivity index (χ0v) is 14.7. The van der Waals surface area contributed by atoms with Crippen LogP contribution in [0.3, 0.4) is 0 Å². The van der Waals surface area contributed by atoms with E-state index in [0.717, 1.165) is 19.3 Å². The molecule has 4 aliphatic carbocycles. The molecule has 7 heteroatoms. The molecule has 0 aromatic carbocycles. The molecule has 2 amide bonds. The van der Waals surface area contributed by atoms with E-state index in [9.17, 15) is 9.59 Å². The van der Waals surface area contributed by atoms with E-state index >= 15 is 0 Å². The van der Waals surface area contributed by atoms with Crippen LogP contribution in [-0.2, 0) is 4.79 Å². The maximum absolute atomic E-state index is 12.9. The topological polar surface area (TPSA) is 97.1 Å². The monoisotopic (exact) mass is 354 g/mol. The summed E-state index contributed by atoms with van der Waals surface area (Å²) < 4.78 is 5.06. The van der Waals surface area contributed by atoms with Gasteiger partial charge >= 0.3 is 0 Å². The molecule has 2 N–H and O–H groups in total. The van der Waals surface area contributed by atoms with Gasteiger partial charge in [0.1, 0.15) is 0 Å². The normalized spacial score (nSPS) is 32.0. The second kappa shape index (κ2) is 5.53. The molecule has 0 saturated heterocycles. The van der Waals surface area contributed by atoms with E-state index in [-0.39, 0.29) is 17.2 Å². The van der Waals surface area contributed by atoms with Crippen LogP contribution >= 0.6 is 0 Å². The Bertz CT molecular complexity index is 868. The minimum Gasteiger partial charge on any atom is -0.336 e. The number of fused-ring (bicyclic) bond motifs is 1. The summed E-state index contributed by atoms with van der Waals surface area (Å²) in [5.74, 6) is 1.65. The van der Waals surface area contributed by atoms with Crippen LogP contribution in [-0.4, -0.2) is 22.0 Å². The number of carbonyl (C=O) groups excluding carboxylic acids is 2. The zero-order valence-electron chi connectivity index (χ0n) is 14.7. The molecule has 4 aliphatic rings. The zero-order chi connectivity index (χ0) is 17.9. The fourth-order valence-electron chi connectivity index (χ4n) is 5.78. The number of hydrogen-bond acceptors (Lipinski definition) is 5. The van der Waals surface area contributed by atoms with Crippen molar-refractivity contribution in [3.05, 3.63) is 23.5 Å². The molecule has 2 aromatic heterocycles. The lowest BCUT2D eigenvalue weighted by atomic mass is 9.49. The number of carbonyl (C=O) groups is 2. The van der Waals surface area contributed by atoms with Gasteiger partial charge in [-0.2, -0.15) is 0 Å².